The molecular weight excluding hydrogens is 566 g/mol. The summed E-state index contributed by atoms with van der Waals surface area (Å²) in [5.74, 6) is -0.211. The third kappa shape index (κ3) is 14.4. The highest BCUT2D eigenvalue weighted by molar-refractivity contribution is 5.69. The number of piperazine rings is 1. The Morgan fingerprint density at radius 3 is 2.25 bits per heavy atom. The second-order valence-electron chi connectivity index (χ2n) is 12.2. The van der Waals surface area contributed by atoms with Gasteiger partial charge in [0, 0.05) is 45.7 Å². The average Bonchev–Trinajstić information content (AvgIpc) is 3.29. The number of allylic oxidation sites excluding steroid dienone is 2. The average molecular weight is 622 g/mol. The molecule has 0 unspecified atom stereocenters. The van der Waals surface area contributed by atoms with Gasteiger partial charge < -0.3 is 29.9 Å². The summed E-state index contributed by atoms with van der Waals surface area (Å²) in [6.07, 6.45) is 9.91. The Kier molecular flexibility index (Phi) is 17.4. The predicted octanol–water partition coefficient (Wildman–Crippen LogP) is 3.19. The maximum absolute atomic E-state index is 12.1. The summed E-state index contributed by atoms with van der Waals surface area (Å²) in [4.78, 5) is 21.4. The summed E-state index contributed by atoms with van der Waals surface area (Å²) in [7, 11) is 0. The second kappa shape index (κ2) is 21.0. The normalized spacial score (nSPS) is 24.0. The Morgan fingerprint density at radius 1 is 0.909 bits per heavy atom. The molecule has 2 fully saturated rings. The lowest BCUT2D eigenvalue weighted by molar-refractivity contribution is -0.492. The number of ether oxygens (including phenoxy) is 1. The number of aryl methyl sites for hydroxylation is 1. The number of hydrogen-bond acceptors (Lipinski definition) is 11. The SMILES string of the molecule is O=C(CCC/C=C\C[C@@H]1[C@@H](CC[C@@H](O)CCc2ccccc2)[C@H](O)C[C@@H]1O)OCCCN1CCN(CCCON(O)O)CC1. The molecule has 1 aliphatic heterocycles. The number of aliphatic hydroxyl groups is 3. The molecule has 5 N–H and O–H groups in total. The van der Waals surface area contributed by atoms with E-state index in [1.54, 1.807) is 0 Å². The largest absolute Gasteiger partial charge is 0.466 e. The van der Waals surface area contributed by atoms with Crippen LogP contribution in [0, 0.1) is 11.8 Å². The summed E-state index contributed by atoms with van der Waals surface area (Å²) < 4.78 is 5.42. The molecule has 3 rings (SSSR count). The van der Waals surface area contributed by atoms with Gasteiger partial charge in [-0.25, -0.2) is 0 Å². The molecule has 1 aromatic rings. The molecule has 5 atom stereocenters. The van der Waals surface area contributed by atoms with Crippen LogP contribution in [0.1, 0.15) is 69.8 Å². The molecule has 1 aliphatic carbocycles. The molecule has 0 radical (unpaired) electrons. The van der Waals surface area contributed by atoms with Gasteiger partial charge in [0.25, 0.3) is 0 Å². The first-order valence-corrected chi connectivity index (χ1v) is 16.5. The van der Waals surface area contributed by atoms with Gasteiger partial charge in [-0.05, 0) is 81.6 Å². The Balaban J connectivity index is 1.20. The van der Waals surface area contributed by atoms with E-state index in [9.17, 15) is 20.1 Å². The quantitative estimate of drug-likeness (QED) is 0.0597. The highest BCUT2D eigenvalue weighted by Gasteiger charge is 2.40. The highest BCUT2D eigenvalue weighted by atomic mass is 17.1. The van der Waals surface area contributed by atoms with Crippen LogP contribution in [0.5, 0.6) is 0 Å². The molecule has 11 nitrogen and oxygen atoms in total. The summed E-state index contributed by atoms with van der Waals surface area (Å²) in [5.41, 5.74) is 1.21. The fourth-order valence-electron chi connectivity index (χ4n) is 6.37. The van der Waals surface area contributed by atoms with Crippen molar-refractivity contribution in [3.8, 4) is 0 Å². The number of unbranched alkanes of at least 4 members (excludes halogenated alkanes) is 1. The zero-order chi connectivity index (χ0) is 31.6. The van der Waals surface area contributed by atoms with E-state index in [1.165, 1.54) is 5.56 Å². The predicted molar refractivity (Wildman–Crippen MR) is 166 cm³/mol. The molecule has 1 aromatic carbocycles. The van der Waals surface area contributed by atoms with E-state index in [1.807, 2.05) is 18.2 Å². The monoisotopic (exact) mass is 621 g/mol. The Hall–Kier alpha value is -1.93. The molecule has 0 aromatic heterocycles. The first kappa shape index (κ1) is 36.5. The van der Waals surface area contributed by atoms with Crippen LogP contribution in [-0.4, -0.2) is 118 Å². The number of carbonyl (C=O) groups is 1. The van der Waals surface area contributed by atoms with Gasteiger partial charge in [-0.1, -0.05) is 42.5 Å². The smallest absolute Gasteiger partial charge is 0.305 e. The minimum Gasteiger partial charge on any atom is -0.466 e. The van der Waals surface area contributed by atoms with E-state index in [-0.39, 0.29) is 29.8 Å². The standard InChI is InChI=1S/C33H55N3O8/c37-28(15-14-27-10-4-3-5-11-27)16-17-30-29(31(38)26-32(30)39)12-6-1-2-7-13-33(40)43-24-8-18-34-20-22-35(23-21-34)19-9-25-44-36(41)42/h1,3-6,10-11,28-32,37-39,41-42H,2,7-9,12-26H2/b6-1-/t28-,29+,30+,31-,32+/m0/s1. The molecule has 44 heavy (non-hydrogen) atoms. The third-order valence-electron chi connectivity index (χ3n) is 8.96. The molecule has 250 valence electrons. The lowest BCUT2D eigenvalue weighted by Crippen LogP contribution is -2.47. The van der Waals surface area contributed by atoms with Crippen molar-refractivity contribution in [3.63, 3.8) is 0 Å². The Morgan fingerprint density at radius 2 is 1.57 bits per heavy atom. The summed E-state index contributed by atoms with van der Waals surface area (Å²) in [6.45, 7) is 6.25. The number of nitrogens with zero attached hydrogens (tertiary/aromatic N) is 3. The molecule has 0 bridgehead atoms. The molecule has 1 heterocycles. The molecule has 1 saturated heterocycles. The van der Waals surface area contributed by atoms with Crippen molar-refractivity contribution in [3.05, 3.63) is 48.0 Å². The van der Waals surface area contributed by atoms with Gasteiger partial charge in [-0.3, -0.25) is 20.0 Å². The van der Waals surface area contributed by atoms with Gasteiger partial charge in [0.2, 0.25) is 0 Å². The highest BCUT2D eigenvalue weighted by Crippen LogP contribution is 2.38. The van der Waals surface area contributed by atoms with Gasteiger partial charge in [0.05, 0.1) is 36.9 Å². The summed E-state index contributed by atoms with van der Waals surface area (Å²) >= 11 is 0. The number of benzene rings is 1. The zero-order valence-corrected chi connectivity index (χ0v) is 26.2. The van der Waals surface area contributed by atoms with Crippen LogP contribution in [0.3, 0.4) is 0 Å². The fraction of sp³-hybridized carbons (Fsp3) is 0.727. The van der Waals surface area contributed by atoms with Crippen LogP contribution >= 0.6 is 0 Å². The van der Waals surface area contributed by atoms with E-state index in [0.29, 0.717) is 51.6 Å². The Bertz CT molecular complexity index is 929. The number of carbonyl (C=O) groups excluding carboxylic acids is 1. The maximum Gasteiger partial charge on any atom is 0.305 e. The molecule has 0 amide bonds. The minimum absolute atomic E-state index is 0.0182. The summed E-state index contributed by atoms with van der Waals surface area (Å²) in [6, 6.07) is 10.1. The van der Waals surface area contributed by atoms with Gasteiger partial charge >= 0.3 is 5.97 Å². The van der Waals surface area contributed by atoms with E-state index in [2.05, 4.69) is 38.9 Å². The molecule has 11 heteroatoms. The number of hydrogen-bond donors (Lipinski definition) is 5. The number of aliphatic hydroxyl groups excluding tert-OH is 3. The van der Waals surface area contributed by atoms with Gasteiger partial charge in [-0.15, -0.1) is 0 Å². The van der Waals surface area contributed by atoms with E-state index in [0.717, 1.165) is 65.0 Å². The number of rotatable bonds is 21. The van der Waals surface area contributed by atoms with Crippen molar-refractivity contribution >= 4 is 5.97 Å². The molecule has 1 saturated carbocycles. The van der Waals surface area contributed by atoms with Crippen LogP contribution in [0.2, 0.25) is 0 Å². The fourth-order valence-corrected chi connectivity index (χ4v) is 6.37. The Labute approximate surface area is 262 Å². The van der Waals surface area contributed by atoms with E-state index in [4.69, 9.17) is 15.2 Å². The van der Waals surface area contributed by atoms with Crippen molar-refractivity contribution in [2.24, 2.45) is 11.8 Å². The van der Waals surface area contributed by atoms with Crippen molar-refractivity contribution in [2.45, 2.75) is 88.9 Å². The molecule has 2 aliphatic rings. The zero-order valence-electron chi connectivity index (χ0n) is 26.2. The van der Waals surface area contributed by atoms with E-state index < -0.39 is 18.3 Å². The first-order chi connectivity index (χ1) is 21.3. The molecular formula is C33H55N3O8. The second-order valence-corrected chi connectivity index (χ2v) is 12.2. The maximum atomic E-state index is 12.1. The van der Waals surface area contributed by atoms with E-state index >= 15 is 0 Å². The van der Waals surface area contributed by atoms with Crippen LogP contribution in [0.4, 0.5) is 0 Å². The first-order valence-electron chi connectivity index (χ1n) is 16.5. The third-order valence-corrected chi connectivity index (χ3v) is 8.96. The number of esters is 1. The van der Waals surface area contributed by atoms with Gasteiger partial charge in [0.1, 0.15) is 0 Å². The van der Waals surface area contributed by atoms with Crippen LogP contribution in [-0.2, 0) is 20.8 Å². The lowest BCUT2D eigenvalue weighted by atomic mass is 9.85. The molecule has 0 spiro atoms. The van der Waals surface area contributed by atoms with Gasteiger partial charge in [-0.2, -0.15) is 0 Å². The lowest BCUT2D eigenvalue weighted by Gasteiger charge is -2.34. The topological polar surface area (TPSA) is 146 Å². The van der Waals surface area contributed by atoms with Crippen molar-refractivity contribution < 1.29 is 40.1 Å². The van der Waals surface area contributed by atoms with Crippen molar-refractivity contribution in [1.29, 1.82) is 0 Å². The van der Waals surface area contributed by atoms with Crippen LogP contribution in [0.15, 0.2) is 42.5 Å². The van der Waals surface area contributed by atoms with Crippen molar-refractivity contribution in [1.82, 2.24) is 15.2 Å². The van der Waals surface area contributed by atoms with Crippen LogP contribution < -0.4 is 0 Å². The van der Waals surface area contributed by atoms with Crippen LogP contribution in [0.25, 0.3) is 0 Å². The van der Waals surface area contributed by atoms with Crippen molar-refractivity contribution in [2.75, 3.05) is 52.5 Å². The van der Waals surface area contributed by atoms with Gasteiger partial charge in [0.15, 0.2) is 0 Å². The minimum atomic E-state index is -0.539. The summed E-state index contributed by atoms with van der Waals surface area (Å²) in [5, 5.41) is 48.4.